The number of fused-ring (bicyclic) bond motifs is 4. The van der Waals surface area contributed by atoms with Gasteiger partial charge in [-0.15, -0.1) is 0 Å². The number of hydrogen-bond donors (Lipinski definition) is 2. The molecular weight excluding hydrogens is 1600 g/mol. The number of benzene rings is 4. The minimum absolute atomic E-state index is 0. The third kappa shape index (κ3) is 15.9. The van der Waals surface area contributed by atoms with Crippen molar-refractivity contribution >= 4 is 55.7 Å². The summed E-state index contributed by atoms with van der Waals surface area (Å²) in [5.74, 6) is 0. The molecule has 0 radical (unpaired) electrons. The van der Waals surface area contributed by atoms with Crippen LogP contribution in [0.25, 0.3) is 111 Å². The summed E-state index contributed by atoms with van der Waals surface area (Å²) in [7, 11) is -1.57. The Labute approximate surface area is 686 Å². The molecule has 0 saturated heterocycles. The molecule has 18 heterocycles. The van der Waals surface area contributed by atoms with Crippen molar-refractivity contribution in [3.8, 4) is 68.3 Å². The van der Waals surface area contributed by atoms with E-state index in [4.69, 9.17) is 59.8 Å². The molecule has 16 aromatic rings. The SMILES string of the molecule is OB(O)c1ccc2cc3c4nc(cc3cc2c1)-c1cc2cc3ccccc3cc2c(n1)CN1Cc2cccc(n2)-c2cccc(n2)CN(Cc2cccc(n2)-c2cccc(n2)C1)C4.[La+3].[La+3].c1cc2nc(c1)-c1cccc(n1)CN1Cc3cccc(n3)-c3cccc(n3)CN(C2)Cc2cccc(n2)-c2cccc(n2)C1. The van der Waals surface area contributed by atoms with Crippen molar-refractivity contribution in [3.63, 3.8) is 0 Å². The first-order valence-corrected chi connectivity index (χ1v) is 36.2. The van der Waals surface area contributed by atoms with Gasteiger partial charge in [0.2, 0.25) is 0 Å². The van der Waals surface area contributed by atoms with E-state index in [1.165, 1.54) is 0 Å². The molecule has 6 aliphatic heterocycles. The molecule has 12 aromatic heterocycles. The first kappa shape index (κ1) is 71.8. The molecule has 0 spiro atoms. The van der Waals surface area contributed by atoms with Crippen LogP contribution in [0.5, 0.6) is 0 Å². The van der Waals surface area contributed by atoms with Gasteiger partial charge in [0.05, 0.1) is 137 Å². The second-order valence-electron chi connectivity index (χ2n) is 28.1. The maximum atomic E-state index is 10.1. The smallest absolute Gasteiger partial charge is 0.423 e. The Hall–Kier alpha value is -10.1. The average Bonchev–Trinajstić information content (AvgIpc) is 0.750. The summed E-state index contributed by atoms with van der Waals surface area (Å²) in [5.41, 5.74) is 21.7. The van der Waals surface area contributed by atoms with Crippen molar-refractivity contribution in [2.45, 2.75) is 78.5 Å². The Morgan fingerprint density at radius 3 is 0.706 bits per heavy atom. The van der Waals surface area contributed by atoms with E-state index in [1.807, 2.05) is 72.8 Å². The molecule has 0 amide bonds. The largest absolute Gasteiger partial charge is 3.00 e. The number of hydrogen-bond acceptors (Lipinski definition) is 18. The topological polar surface area (TPSA) is 208 Å². The van der Waals surface area contributed by atoms with Crippen LogP contribution in [-0.4, -0.2) is 96.6 Å². The Morgan fingerprint density at radius 2 is 0.440 bits per heavy atom. The minimum atomic E-state index is -1.57. The summed E-state index contributed by atoms with van der Waals surface area (Å²) in [4.78, 5) is 71.8. The van der Waals surface area contributed by atoms with E-state index in [0.717, 1.165) is 180 Å². The molecule has 2 N–H and O–H groups in total. The van der Waals surface area contributed by atoms with Crippen LogP contribution >= 0.6 is 0 Å². The summed E-state index contributed by atoms with van der Waals surface area (Å²) in [6, 6.07) is 89.0. The van der Waals surface area contributed by atoms with E-state index in [2.05, 4.69) is 202 Å². The van der Waals surface area contributed by atoms with Gasteiger partial charge in [0, 0.05) is 89.3 Å². The molecule has 0 aliphatic carbocycles. The molecule has 4 aromatic carbocycles. The Balaban J connectivity index is 0.000000166. The standard InChI is InChI=1S/C52H39BN8O2.C36H30N8.2La/c62-53(63)38-18-17-34-23-44-37(20-35(34)21-38)25-50-49-24-36-19-32-7-1-2-8-33(32)22-43(36)51(58-49)30-60-26-39-9-3-13-45(54-39)47-15-5-11-41(56-47)28-61(31-52(44)59-50)29-42-12-6-16-48(57-42)46-14-4-10-40(27-60)55-46;1-7-25-19-43-20-27-9-3-15-33(39-27)35-17-5-11-29(41-35)23-44(22-26-8-2-14-32(38-26)31(13-1)37-25)24-30-12-6-18-36(42-30)34-16-4-10-28(21-43)40-34;;/h1-25,62-63H,26-31H2;1-18H,19-24H2;;/q;;2*+3. The molecule has 28 bridgehead atoms. The Kier molecular flexibility index (Phi) is 20.8. The fourth-order valence-corrected chi connectivity index (χ4v) is 15.3. The van der Waals surface area contributed by atoms with E-state index < -0.39 is 7.12 Å². The summed E-state index contributed by atoms with van der Waals surface area (Å²) >= 11 is 0. The predicted molar refractivity (Wildman–Crippen MR) is 416 cm³/mol. The van der Waals surface area contributed by atoms with Crippen molar-refractivity contribution in [3.05, 3.63) is 329 Å². The van der Waals surface area contributed by atoms with E-state index in [0.29, 0.717) is 84.0 Å². The second-order valence-corrected chi connectivity index (χ2v) is 28.1. The molecule has 0 unspecified atom stereocenters. The molecule has 0 saturated carbocycles. The van der Waals surface area contributed by atoms with Gasteiger partial charge < -0.3 is 10.0 Å². The van der Waals surface area contributed by atoms with Gasteiger partial charge in [-0.2, -0.15) is 0 Å². The third-order valence-corrected chi connectivity index (χ3v) is 20.2. The first-order valence-electron chi connectivity index (χ1n) is 36.2. The van der Waals surface area contributed by atoms with Gasteiger partial charge in [-0.3, -0.25) is 19.6 Å². The molecule has 22 rings (SSSR count). The number of nitrogens with zero attached hydrogens (tertiary/aromatic N) is 16. The zero-order chi connectivity index (χ0) is 71.3. The molecular formula is C88H69BLa2N16O2+6. The van der Waals surface area contributed by atoms with Crippen LogP contribution in [-0.2, 0) is 78.5 Å². The van der Waals surface area contributed by atoms with E-state index >= 15 is 0 Å². The van der Waals surface area contributed by atoms with Crippen molar-refractivity contribution in [1.82, 2.24) is 79.4 Å². The fourth-order valence-electron chi connectivity index (χ4n) is 15.3. The molecule has 18 nitrogen and oxygen atoms in total. The molecule has 6 aliphatic rings. The van der Waals surface area contributed by atoms with E-state index in [-0.39, 0.29) is 71.2 Å². The zero-order valence-electron chi connectivity index (χ0n) is 59.6. The van der Waals surface area contributed by atoms with Gasteiger partial charge in [-0.25, -0.2) is 59.8 Å². The van der Waals surface area contributed by atoms with Crippen LogP contribution < -0.4 is 5.46 Å². The number of rotatable bonds is 1. The second kappa shape index (κ2) is 31.5. The predicted octanol–water partition coefficient (Wildman–Crippen LogP) is 14.5. The third-order valence-electron chi connectivity index (χ3n) is 20.2. The van der Waals surface area contributed by atoms with Gasteiger partial charge in [0.15, 0.2) is 0 Å². The molecule has 0 fully saturated rings. The maximum Gasteiger partial charge on any atom is 3.00 e. The van der Waals surface area contributed by atoms with Crippen LogP contribution in [0.1, 0.15) is 68.3 Å². The van der Waals surface area contributed by atoms with Gasteiger partial charge >= 0.3 is 78.3 Å². The summed E-state index contributed by atoms with van der Waals surface area (Å²) in [6.45, 7) is 6.85. The van der Waals surface area contributed by atoms with Gasteiger partial charge in [0.25, 0.3) is 0 Å². The maximum absolute atomic E-state index is 10.1. The average molecular weight is 1670 g/mol. The van der Waals surface area contributed by atoms with E-state index in [1.54, 1.807) is 6.07 Å². The Morgan fingerprint density at radius 1 is 0.202 bits per heavy atom. The quantitative estimate of drug-likeness (QED) is 0.116. The summed E-state index contributed by atoms with van der Waals surface area (Å²) < 4.78 is 0. The van der Waals surface area contributed by atoms with Crippen molar-refractivity contribution < 1.29 is 81.2 Å². The Bertz CT molecular complexity index is 5690. The molecule has 109 heavy (non-hydrogen) atoms. The first-order chi connectivity index (χ1) is 52.6. The van der Waals surface area contributed by atoms with Crippen molar-refractivity contribution in [2.75, 3.05) is 0 Å². The van der Waals surface area contributed by atoms with Gasteiger partial charge in [0.1, 0.15) is 0 Å². The van der Waals surface area contributed by atoms with E-state index in [9.17, 15) is 10.0 Å². The monoisotopic (exact) mass is 1670 g/mol. The minimum Gasteiger partial charge on any atom is -0.423 e. The van der Waals surface area contributed by atoms with Crippen LogP contribution in [0.3, 0.4) is 0 Å². The number of aromatic nitrogens is 12. The summed E-state index contributed by atoms with van der Waals surface area (Å²) in [6.07, 6.45) is 0. The van der Waals surface area contributed by atoms with Crippen LogP contribution in [0.4, 0.5) is 0 Å². The molecule has 21 heteroatoms. The van der Waals surface area contributed by atoms with Gasteiger partial charge in [-0.1, -0.05) is 103 Å². The molecule has 516 valence electrons. The fraction of sp³-hybridized carbons (Fsp3) is 0.136. The van der Waals surface area contributed by atoms with Crippen LogP contribution in [0.15, 0.2) is 261 Å². The van der Waals surface area contributed by atoms with Crippen molar-refractivity contribution in [1.29, 1.82) is 0 Å². The van der Waals surface area contributed by atoms with Crippen LogP contribution in [0.2, 0.25) is 0 Å². The van der Waals surface area contributed by atoms with Gasteiger partial charge in [-0.05, 0) is 196 Å². The number of pyridine rings is 12. The normalized spacial score (nSPS) is 16.3. The zero-order valence-corrected chi connectivity index (χ0v) is 66.8. The molecule has 0 atom stereocenters. The van der Waals surface area contributed by atoms with Crippen molar-refractivity contribution in [2.24, 2.45) is 0 Å². The summed E-state index contributed by atoms with van der Waals surface area (Å²) in [5, 5.41) is 28.5. The van der Waals surface area contributed by atoms with Crippen LogP contribution in [0, 0.1) is 71.2 Å².